The molecular weight excluding hydrogens is 262 g/mol. The van der Waals surface area contributed by atoms with Gasteiger partial charge in [0.05, 0.1) is 16.6 Å². The minimum atomic E-state index is 0.130. The van der Waals surface area contributed by atoms with Crippen molar-refractivity contribution in [3.8, 4) is 0 Å². The molecule has 0 saturated carbocycles. The number of aromatic nitrogens is 2. The summed E-state index contributed by atoms with van der Waals surface area (Å²) in [7, 11) is 3.93. The van der Waals surface area contributed by atoms with E-state index in [2.05, 4.69) is 9.97 Å². The van der Waals surface area contributed by atoms with E-state index in [1.165, 1.54) is 0 Å². The Bertz CT molecular complexity index is 811. The van der Waals surface area contributed by atoms with Gasteiger partial charge in [-0.15, -0.1) is 0 Å². The molecule has 0 saturated heterocycles. The molecule has 0 fully saturated rings. The number of fused-ring (bicyclic) bond motifs is 2. The quantitative estimate of drug-likeness (QED) is 0.544. The minimum Gasteiger partial charge on any atom is -0.309 e. The van der Waals surface area contributed by atoms with E-state index in [0.29, 0.717) is 12.0 Å². The van der Waals surface area contributed by atoms with Crippen LogP contribution in [0.25, 0.3) is 21.9 Å². The number of rotatable bonds is 4. The number of benzene rings is 1. The minimum absolute atomic E-state index is 0.130. The molecule has 0 unspecified atom stereocenters. The maximum Gasteiger partial charge on any atom is 0.166 e. The third-order valence-electron chi connectivity index (χ3n) is 3.49. The van der Waals surface area contributed by atoms with Gasteiger partial charge in [-0.25, -0.2) is 4.98 Å². The van der Waals surface area contributed by atoms with E-state index in [0.717, 1.165) is 28.5 Å². The lowest BCUT2D eigenvalue weighted by Crippen LogP contribution is -2.17. The highest BCUT2D eigenvalue weighted by molar-refractivity contribution is 6.08. The highest BCUT2D eigenvalue weighted by atomic mass is 16.1. The molecular formula is C17H17N3O. The monoisotopic (exact) mass is 279 g/mol. The topological polar surface area (TPSA) is 46.1 Å². The predicted octanol–water partition coefficient (Wildman–Crippen LogP) is 2.92. The fourth-order valence-electron chi connectivity index (χ4n) is 2.37. The predicted molar refractivity (Wildman–Crippen MR) is 84.5 cm³/mol. The number of hydrogen-bond acceptors (Lipinski definition) is 4. The van der Waals surface area contributed by atoms with Crippen molar-refractivity contribution in [2.45, 2.75) is 6.42 Å². The number of pyridine rings is 2. The maximum absolute atomic E-state index is 12.4. The SMILES string of the molecule is CN(C)CCC(=O)c1cccc2cc3ncccc3nc12. The van der Waals surface area contributed by atoms with Crippen LogP contribution in [0, 0.1) is 0 Å². The average Bonchev–Trinajstić information content (AvgIpc) is 2.50. The van der Waals surface area contributed by atoms with Crippen molar-refractivity contribution in [2.75, 3.05) is 20.6 Å². The Labute approximate surface area is 123 Å². The van der Waals surface area contributed by atoms with E-state index in [-0.39, 0.29) is 5.78 Å². The zero-order chi connectivity index (χ0) is 14.8. The van der Waals surface area contributed by atoms with Crippen LogP contribution in [0.3, 0.4) is 0 Å². The number of ketones is 1. The van der Waals surface area contributed by atoms with E-state index in [9.17, 15) is 4.79 Å². The highest BCUT2D eigenvalue weighted by Crippen LogP contribution is 2.22. The summed E-state index contributed by atoms with van der Waals surface area (Å²) in [6.45, 7) is 0.740. The zero-order valence-electron chi connectivity index (χ0n) is 12.2. The fourth-order valence-corrected chi connectivity index (χ4v) is 2.37. The van der Waals surface area contributed by atoms with Gasteiger partial charge in [-0.1, -0.05) is 12.1 Å². The molecule has 0 amide bonds. The normalized spacial score (nSPS) is 11.4. The molecule has 0 radical (unpaired) electrons. The molecule has 1 aromatic carbocycles. The molecule has 0 aliphatic rings. The van der Waals surface area contributed by atoms with Gasteiger partial charge >= 0.3 is 0 Å². The Kier molecular flexibility index (Phi) is 3.62. The third kappa shape index (κ3) is 2.76. The number of carbonyl (C=O) groups is 1. The number of para-hydroxylation sites is 1. The largest absolute Gasteiger partial charge is 0.309 e. The van der Waals surface area contributed by atoms with E-state index < -0.39 is 0 Å². The van der Waals surface area contributed by atoms with Crippen molar-refractivity contribution in [3.63, 3.8) is 0 Å². The van der Waals surface area contributed by atoms with Crippen LogP contribution in [0.4, 0.5) is 0 Å². The second-order valence-corrected chi connectivity index (χ2v) is 5.38. The van der Waals surface area contributed by atoms with Gasteiger partial charge in [0, 0.05) is 30.1 Å². The number of Topliss-reactive ketones (excluding diaryl/α,β-unsaturated/α-hetero) is 1. The van der Waals surface area contributed by atoms with Gasteiger partial charge < -0.3 is 4.90 Å². The van der Waals surface area contributed by atoms with E-state index in [1.54, 1.807) is 6.20 Å². The van der Waals surface area contributed by atoms with Crippen LogP contribution < -0.4 is 0 Å². The summed E-state index contributed by atoms with van der Waals surface area (Å²) in [4.78, 5) is 23.4. The van der Waals surface area contributed by atoms with E-state index in [1.807, 2.05) is 55.4 Å². The lowest BCUT2D eigenvalue weighted by molar-refractivity contribution is 0.0974. The van der Waals surface area contributed by atoms with Crippen LogP contribution in [-0.2, 0) is 0 Å². The molecule has 0 aliphatic carbocycles. The Morgan fingerprint density at radius 3 is 2.81 bits per heavy atom. The Hall–Kier alpha value is -2.33. The summed E-state index contributed by atoms with van der Waals surface area (Å²) in [6, 6.07) is 11.5. The standard InChI is InChI=1S/C17H17N3O/c1-20(2)10-8-16(21)13-6-3-5-12-11-15-14(19-17(12)13)7-4-9-18-15/h3-7,9,11H,8,10H2,1-2H3. The van der Waals surface area contributed by atoms with Crippen molar-refractivity contribution >= 4 is 27.7 Å². The molecule has 3 rings (SSSR count). The Balaban J connectivity index is 2.10. The molecule has 4 nitrogen and oxygen atoms in total. The molecule has 0 bridgehead atoms. The third-order valence-corrected chi connectivity index (χ3v) is 3.49. The molecule has 106 valence electrons. The van der Waals surface area contributed by atoms with Gasteiger partial charge in [0.1, 0.15) is 0 Å². The fraction of sp³-hybridized carbons (Fsp3) is 0.235. The van der Waals surface area contributed by atoms with Crippen LogP contribution in [-0.4, -0.2) is 41.3 Å². The average molecular weight is 279 g/mol. The molecule has 0 atom stereocenters. The smallest absolute Gasteiger partial charge is 0.166 e. The van der Waals surface area contributed by atoms with E-state index >= 15 is 0 Å². The summed E-state index contributed by atoms with van der Waals surface area (Å²) in [6.07, 6.45) is 2.25. The molecule has 2 aromatic heterocycles. The van der Waals surface area contributed by atoms with Crippen LogP contribution in [0.15, 0.2) is 42.6 Å². The molecule has 0 N–H and O–H groups in total. The lowest BCUT2D eigenvalue weighted by atomic mass is 10.0. The van der Waals surface area contributed by atoms with Crippen LogP contribution in [0.1, 0.15) is 16.8 Å². The van der Waals surface area contributed by atoms with Crippen molar-refractivity contribution in [3.05, 3.63) is 48.2 Å². The summed E-state index contributed by atoms with van der Waals surface area (Å²) in [5.74, 6) is 0.130. The highest BCUT2D eigenvalue weighted by Gasteiger charge is 2.12. The van der Waals surface area contributed by atoms with Gasteiger partial charge in [0.25, 0.3) is 0 Å². The summed E-state index contributed by atoms with van der Waals surface area (Å²) >= 11 is 0. The Morgan fingerprint density at radius 1 is 1.14 bits per heavy atom. The van der Waals surface area contributed by atoms with Crippen LogP contribution in [0.2, 0.25) is 0 Å². The number of nitrogens with zero attached hydrogens (tertiary/aromatic N) is 3. The van der Waals surface area contributed by atoms with Gasteiger partial charge in [-0.3, -0.25) is 9.78 Å². The Morgan fingerprint density at radius 2 is 2.00 bits per heavy atom. The summed E-state index contributed by atoms with van der Waals surface area (Å²) < 4.78 is 0. The van der Waals surface area contributed by atoms with Crippen LogP contribution in [0.5, 0.6) is 0 Å². The summed E-state index contributed by atoms with van der Waals surface area (Å²) in [5, 5.41) is 0.955. The van der Waals surface area contributed by atoms with Crippen molar-refractivity contribution < 1.29 is 4.79 Å². The maximum atomic E-state index is 12.4. The first-order chi connectivity index (χ1) is 10.1. The number of carbonyl (C=O) groups excluding carboxylic acids is 1. The number of hydrogen-bond donors (Lipinski definition) is 0. The van der Waals surface area contributed by atoms with Crippen molar-refractivity contribution in [2.24, 2.45) is 0 Å². The second-order valence-electron chi connectivity index (χ2n) is 5.38. The lowest BCUT2D eigenvalue weighted by Gasteiger charge is -2.10. The first kappa shape index (κ1) is 13.6. The summed E-state index contributed by atoms with van der Waals surface area (Å²) in [5.41, 5.74) is 3.13. The first-order valence-corrected chi connectivity index (χ1v) is 6.97. The van der Waals surface area contributed by atoms with Gasteiger partial charge in [-0.2, -0.15) is 0 Å². The zero-order valence-corrected chi connectivity index (χ0v) is 12.2. The van der Waals surface area contributed by atoms with Crippen LogP contribution >= 0.6 is 0 Å². The van der Waals surface area contributed by atoms with Gasteiger partial charge in [0.15, 0.2) is 5.78 Å². The molecule has 21 heavy (non-hydrogen) atoms. The molecule has 4 heteroatoms. The van der Waals surface area contributed by atoms with E-state index in [4.69, 9.17) is 0 Å². The molecule has 2 heterocycles. The van der Waals surface area contributed by atoms with Gasteiger partial charge in [0.2, 0.25) is 0 Å². The molecule has 0 spiro atoms. The van der Waals surface area contributed by atoms with Crippen molar-refractivity contribution in [1.82, 2.24) is 14.9 Å². The first-order valence-electron chi connectivity index (χ1n) is 6.97. The van der Waals surface area contributed by atoms with Gasteiger partial charge in [-0.05, 0) is 38.4 Å². The van der Waals surface area contributed by atoms with Crippen molar-refractivity contribution in [1.29, 1.82) is 0 Å². The molecule has 0 aliphatic heterocycles. The molecule has 3 aromatic rings. The second kappa shape index (κ2) is 5.58.